The number of amides is 1. The highest BCUT2D eigenvalue weighted by Crippen LogP contribution is 2.17. The van der Waals surface area contributed by atoms with E-state index in [0.29, 0.717) is 17.9 Å². The summed E-state index contributed by atoms with van der Waals surface area (Å²) in [6.07, 6.45) is 4.16. The number of rotatable bonds is 4. The van der Waals surface area contributed by atoms with Crippen molar-refractivity contribution in [1.29, 1.82) is 0 Å². The normalized spacial score (nSPS) is 14.3. The summed E-state index contributed by atoms with van der Waals surface area (Å²) in [4.78, 5) is 23.4. The third-order valence-corrected chi connectivity index (χ3v) is 4.26. The third-order valence-electron chi connectivity index (χ3n) is 4.26. The number of hydrogen-bond donors (Lipinski definition) is 1. The summed E-state index contributed by atoms with van der Waals surface area (Å²) in [5.41, 5.74) is 2.21. The summed E-state index contributed by atoms with van der Waals surface area (Å²) in [5, 5.41) is 7.16. The van der Waals surface area contributed by atoms with E-state index in [1.807, 2.05) is 27.0 Å². The monoisotopic (exact) mass is 314 g/mol. The second kappa shape index (κ2) is 6.36. The first-order valence-corrected chi connectivity index (χ1v) is 7.91. The van der Waals surface area contributed by atoms with E-state index in [4.69, 9.17) is 0 Å². The number of aryl methyl sites for hydroxylation is 2. The minimum absolute atomic E-state index is 0.136. The lowest BCUT2D eigenvalue weighted by molar-refractivity contribution is 0.0948. The molecule has 0 radical (unpaired) electrons. The van der Waals surface area contributed by atoms with E-state index in [1.54, 1.807) is 10.9 Å². The Labute approximate surface area is 135 Å². The van der Waals surface area contributed by atoms with Crippen LogP contribution in [0.5, 0.6) is 0 Å². The van der Waals surface area contributed by atoms with Gasteiger partial charge in [0.2, 0.25) is 0 Å². The van der Waals surface area contributed by atoms with Crippen molar-refractivity contribution in [2.75, 3.05) is 18.0 Å². The number of nitrogens with zero attached hydrogens (tertiary/aromatic N) is 5. The minimum Gasteiger partial charge on any atom is -0.357 e. The average Bonchev–Trinajstić information content (AvgIpc) is 3.15. The molecule has 0 aromatic carbocycles. The molecule has 0 atom stereocenters. The topological polar surface area (TPSA) is 75.9 Å². The van der Waals surface area contributed by atoms with Crippen LogP contribution >= 0.6 is 0 Å². The maximum Gasteiger partial charge on any atom is 0.255 e. The van der Waals surface area contributed by atoms with Crippen LogP contribution in [0.3, 0.4) is 0 Å². The zero-order valence-electron chi connectivity index (χ0n) is 13.8. The van der Waals surface area contributed by atoms with Crippen LogP contribution in [0.1, 0.15) is 40.4 Å². The van der Waals surface area contributed by atoms with Gasteiger partial charge in [0, 0.05) is 32.0 Å². The Bertz CT molecular complexity index is 717. The fourth-order valence-electron chi connectivity index (χ4n) is 2.95. The molecule has 122 valence electrons. The number of carbonyl (C=O) groups excluding carboxylic acids is 1. The van der Waals surface area contributed by atoms with Gasteiger partial charge in [-0.25, -0.2) is 9.97 Å². The zero-order valence-corrected chi connectivity index (χ0v) is 13.8. The molecule has 1 fully saturated rings. The molecule has 7 heteroatoms. The van der Waals surface area contributed by atoms with Crippen molar-refractivity contribution in [3.05, 3.63) is 35.0 Å². The van der Waals surface area contributed by atoms with Crippen LogP contribution in [0.2, 0.25) is 0 Å². The summed E-state index contributed by atoms with van der Waals surface area (Å²) >= 11 is 0. The Morgan fingerprint density at radius 1 is 1.30 bits per heavy atom. The summed E-state index contributed by atoms with van der Waals surface area (Å²) in [6, 6.07) is 1.92. The van der Waals surface area contributed by atoms with E-state index in [2.05, 4.69) is 25.3 Å². The molecular weight excluding hydrogens is 292 g/mol. The fourth-order valence-corrected chi connectivity index (χ4v) is 2.95. The van der Waals surface area contributed by atoms with E-state index < -0.39 is 0 Å². The van der Waals surface area contributed by atoms with Crippen LogP contribution in [-0.2, 0) is 13.6 Å². The number of aromatic nitrogens is 4. The molecule has 0 spiro atoms. The van der Waals surface area contributed by atoms with Gasteiger partial charge in [-0.3, -0.25) is 9.48 Å². The average molecular weight is 314 g/mol. The van der Waals surface area contributed by atoms with E-state index in [9.17, 15) is 4.79 Å². The maximum atomic E-state index is 12.4. The van der Waals surface area contributed by atoms with Crippen LogP contribution in [-0.4, -0.2) is 38.7 Å². The highest BCUT2D eigenvalue weighted by Gasteiger charge is 2.18. The third kappa shape index (κ3) is 3.18. The maximum absolute atomic E-state index is 12.4. The van der Waals surface area contributed by atoms with Crippen molar-refractivity contribution in [3.63, 3.8) is 0 Å². The van der Waals surface area contributed by atoms with Crippen LogP contribution in [0, 0.1) is 13.8 Å². The number of anilines is 1. The van der Waals surface area contributed by atoms with Gasteiger partial charge in [0.25, 0.3) is 5.91 Å². The first kappa shape index (κ1) is 15.5. The molecule has 3 rings (SSSR count). The molecule has 1 saturated heterocycles. The first-order valence-electron chi connectivity index (χ1n) is 7.91. The highest BCUT2D eigenvalue weighted by atomic mass is 16.1. The van der Waals surface area contributed by atoms with Gasteiger partial charge in [-0.1, -0.05) is 0 Å². The molecule has 1 aliphatic rings. The SMILES string of the molecule is Cc1nn(C)c(C)c1C(=O)NCc1nccc(N2CCCC2)n1. The van der Waals surface area contributed by atoms with Gasteiger partial charge in [-0.2, -0.15) is 5.10 Å². The molecule has 0 bridgehead atoms. The molecule has 0 saturated carbocycles. The fraction of sp³-hybridized carbons (Fsp3) is 0.500. The molecule has 7 nitrogen and oxygen atoms in total. The van der Waals surface area contributed by atoms with Crippen LogP contribution in [0.15, 0.2) is 12.3 Å². The van der Waals surface area contributed by atoms with E-state index in [1.165, 1.54) is 12.8 Å². The van der Waals surface area contributed by atoms with Gasteiger partial charge < -0.3 is 10.2 Å². The lowest BCUT2D eigenvalue weighted by atomic mass is 10.2. The molecule has 2 aromatic rings. The first-order chi connectivity index (χ1) is 11.1. The summed E-state index contributed by atoms with van der Waals surface area (Å²) < 4.78 is 1.72. The van der Waals surface area contributed by atoms with Gasteiger partial charge >= 0.3 is 0 Å². The predicted molar refractivity (Wildman–Crippen MR) is 87.3 cm³/mol. The summed E-state index contributed by atoms with van der Waals surface area (Å²) in [7, 11) is 1.84. The van der Waals surface area contributed by atoms with Crippen LogP contribution < -0.4 is 10.2 Å². The molecule has 3 heterocycles. The number of carbonyl (C=O) groups is 1. The lowest BCUT2D eigenvalue weighted by Crippen LogP contribution is -2.26. The van der Waals surface area contributed by atoms with E-state index in [-0.39, 0.29) is 5.91 Å². The van der Waals surface area contributed by atoms with Gasteiger partial charge in [0.1, 0.15) is 11.6 Å². The second-order valence-corrected chi connectivity index (χ2v) is 5.88. The molecule has 0 unspecified atom stereocenters. The quantitative estimate of drug-likeness (QED) is 0.922. The van der Waals surface area contributed by atoms with Crippen molar-refractivity contribution < 1.29 is 4.79 Å². The summed E-state index contributed by atoms with van der Waals surface area (Å²) in [6.45, 7) is 6.12. The van der Waals surface area contributed by atoms with Crippen molar-refractivity contribution in [3.8, 4) is 0 Å². The Morgan fingerprint density at radius 3 is 2.70 bits per heavy atom. The Balaban J connectivity index is 1.68. The van der Waals surface area contributed by atoms with E-state index in [0.717, 1.165) is 30.3 Å². The minimum atomic E-state index is -0.136. The number of hydrogen-bond acceptors (Lipinski definition) is 5. The Hall–Kier alpha value is -2.44. The molecular formula is C16H22N6O. The molecule has 1 N–H and O–H groups in total. The molecule has 1 aliphatic heterocycles. The predicted octanol–water partition coefficient (Wildman–Crippen LogP) is 1.36. The Kier molecular flexibility index (Phi) is 4.27. The van der Waals surface area contributed by atoms with Gasteiger partial charge in [0.05, 0.1) is 17.8 Å². The number of nitrogens with one attached hydrogen (secondary N) is 1. The van der Waals surface area contributed by atoms with Gasteiger partial charge in [-0.05, 0) is 32.8 Å². The van der Waals surface area contributed by atoms with Crippen LogP contribution in [0.25, 0.3) is 0 Å². The summed E-state index contributed by atoms with van der Waals surface area (Å²) in [5.74, 6) is 1.43. The van der Waals surface area contributed by atoms with Crippen LogP contribution in [0.4, 0.5) is 5.82 Å². The lowest BCUT2D eigenvalue weighted by Gasteiger charge is -2.16. The van der Waals surface area contributed by atoms with E-state index >= 15 is 0 Å². The van der Waals surface area contributed by atoms with Crippen molar-refractivity contribution in [2.24, 2.45) is 7.05 Å². The molecule has 2 aromatic heterocycles. The van der Waals surface area contributed by atoms with Gasteiger partial charge in [0.15, 0.2) is 0 Å². The van der Waals surface area contributed by atoms with Crippen molar-refractivity contribution in [1.82, 2.24) is 25.1 Å². The second-order valence-electron chi connectivity index (χ2n) is 5.88. The molecule has 0 aliphatic carbocycles. The van der Waals surface area contributed by atoms with Gasteiger partial charge in [-0.15, -0.1) is 0 Å². The van der Waals surface area contributed by atoms with Crippen molar-refractivity contribution in [2.45, 2.75) is 33.2 Å². The van der Waals surface area contributed by atoms with Crippen molar-refractivity contribution >= 4 is 11.7 Å². The molecule has 1 amide bonds. The zero-order chi connectivity index (χ0) is 16.4. The standard InChI is InChI=1S/C16H22N6O/c1-11-15(12(2)21(3)20-11)16(23)18-10-13-17-7-6-14(19-13)22-8-4-5-9-22/h6-7H,4-5,8-10H2,1-3H3,(H,18,23). The highest BCUT2D eigenvalue weighted by molar-refractivity contribution is 5.96. The smallest absolute Gasteiger partial charge is 0.255 e. The Morgan fingerprint density at radius 2 is 2.04 bits per heavy atom. The molecule has 23 heavy (non-hydrogen) atoms. The largest absolute Gasteiger partial charge is 0.357 e.